The summed E-state index contributed by atoms with van der Waals surface area (Å²) >= 11 is 0. The number of nitrogens with zero attached hydrogens (tertiary/aromatic N) is 2. The number of anilines is 2. The van der Waals surface area contributed by atoms with E-state index in [2.05, 4.69) is 20.6 Å². The number of carbonyl (C=O) groups is 2. The molecular weight excluding hydrogens is 735 g/mol. The van der Waals surface area contributed by atoms with Crippen molar-refractivity contribution < 1.29 is 45.7 Å². The Labute approximate surface area is 340 Å². The third kappa shape index (κ3) is 8.70. The molecule has 0 fully saturated rings. The van der Waals surface area contributed by atoms with E-state index < -0.39 is 41.8 Å². The third-order valence-electron chi connectivity index (χ3n) is 7.53. The van der Waals surface area contributed by atoms with Crippen molar-refractivity contribution in [2.75, 3.05) is 10.6 Å². The van der Waals surface area contributed by atoms with E-state index in [-0.39, 0.29) is 115 Å². The van der Waals surface area contributed by atoms with Crippen molar-refractivity contribution in [3.8, 4) is 11.5 Å². The monoisotopic (exact) mass is 758 g/mol. The van der Waals surface area contributed by atoms with Gasteiger partial charge in [-0.25, -0.2) is 0 Å². The molecular formula is C34H24N4Na2O10S2. The zero-order valence-corrected chi connectivity index (χ0v) is 33.0. The molecule has 6 aromatic rings. The van der Waals surface area contributed by atoms with E-state index in [4.69, 9.17) is 0 Å². The van der Waals surface area contributed by atoms with Crippen LogP contribution in [0.1, 0.15) is 31.8 Å². The van der Waals surface area contributed by atoms with Gasteiger partial charge in [-0.3, -0.25) is 28.7 Å². The molecule has 0 aliphatic carbocycles. The van der Waals surface area contributed by atoms with Crippen molar-refractivity contribution in [2.24, 2.45) is 0 Å². The van der Waals surface area contributed by atoms with Crippen LogP contribution in [-0.2, 0) is 20.2 Å². The van der Waals surface area contributed by atoms with Crippen LogP contribution in [0.15, 0.2) is 107 Å². The van der Waals surface area contributed by atoms with Gasteiger partial charge in [0, 0.05) is 93.7 Å². The Balaban J connectivity index is 0.00000302. The second kappa shape index (κ2) is 16.2. The second-order valence-corrected chi connectivity index (χ2v) is 13.6. The topological polar surface area (TPSA) is 233 Å². The number of benzene rings is 4. The van der Waals surface area contributed by atoms with Gasteiger partial charge in [-0.1, -0.05) is 48.6 Å². The summed E-state index contributed by atoms with van der Waals surface area (Å²) in [6, 6.07) is 19.6. The number of pyridine rings is 2. The van der Waals surface area contributed by atoms with E-state index in [1.165, 1.54) is 48.8 Å². The van der Waals surface area contributed by atoms with E-state index in [0.717, 1.165) is 24.3 Å². The van der Waals surface area contributed by atoms with Gasteiger partial charge < -0.3 is 20.8 Å². The Hall–Kier alpha value is -4.20. The van der Waals surface area contributed by atoms with Crippen LogP contribution in [-0.4, -0.2) is 117 Å². The molecule has 0 spiro atoms. The Bertz CT molecular complexity index is 2460. The molecule has 0 saturated carbocycles. The number of amides is 2. The first kappa shape index (κ1) is 40.6. The van der Waals surface area contributed by atoms with Crippen LogP contribution < -0.4 is 10.6 Å². The zero-order chi connectivity index (χ0) is 35.8. The van der Waals surface area contributed by atoms with E-state index >= 15 is 0 Å². The molecule has 0 atom stereocenters. The number of rotatable bonds is 8. The van der Waals surface area contributed by atoms with E-state index in [0.29, 0.717) is 10.8 Å². The Morgan fingerprint density at radius 3 is 1.33 bits per heavy atom. The summed E-state index contributed by atoms with van der Waals surface area (Å²) in [7, 11) is -9.80. The minimum absolute atomic E-state index is 0. The molecule has 0 bridgehead atoms. The van der Waals surface area contributed by atoms with Crippen molar-refractivity contribution in [2.45, 2.75) is 9.79 Å². The molecule has 0 aliphatic heterocycles. The average molecular weight is 759 g/mol. The van der Waals surface area contributed by atoms with E-state index in [1.807, 2.05) is 0 Å². The standard InChI is InChI=1S/C34H24N4O10S2.2Na/c39-31-25(13-9-21-3-1-15-35-29(21)31)33(41)37-23-11-7-19(27(17-23)49(43,44)45)5-6-20-8-12-24(18-28(20)50(46,47)48)38-34(42)26-14-10-22-4-2-16-36-30(22)32(26)40;;/h1-18,39-40H,(H,37,41)(H,38,42)(H,43,44,45)(H,46,47,48);;. The van der Waals surface area contributed by atoms with Crippen LogP contribution in [0.2, 0.25) is 0 Å². The van der Waals surface area contributed by atoms with Crippen molar-refractivity contribution in [1.82, 2.24) is 9.97 Å². The first-order chi connectivity index (χ1) is 23.7. The number of fused-ring (bicyclic) bond motifs is 2. The predicted octanol–water partition coefficient (Wildman–Crippen LogP) is 4.60. The molecule has 6 N–H and O–H groups in total. The average Bonchev–Trinajstić information content (AvgIpc) is 3.07. The van der Waals surface area contributed by atoms with Gasteiger partial charge in [0.1, 0.15) is 20.8 Å². The molecule has 2 aromatic heterocycles. The largest absolute Gasteiger partial charge is 0.505 e. The van der Waals surface area contributed by atoms with Crippen LogP contribution in [0.4, 0.5) is 11.4 Å². The number of hydrogen-bond acceptors (Lipinski definition) is 10. The molecule has 6 rings (SSSR count). The van der Waals surface area contributed by atoms with Crippen LogP contribution in [0.5, 0.6) is 11.5 Å². The molecule has 52 heavy (non-hydrogen) atoms. The zero-order valence-electron chi connectivity index (χ0n) is 27.3. The second-order valence-electron chi connectivity index (χ2n) is 10.8. The fourth-order valence-electron chi connectivity index (χ4n) is 5.15. The molecule has 2 heterocycles. The summed E-state index contributed by atoms with van der Waals surface area (Å²) in [5, 5.41) is 27.2. The number of phenols is 2. The van der Waals surface area contributed by atoms with Gasteiger partial charge in [0.15, 0.2) is 11.5 Å². The Kier molecular flexibility index (Phi) is 12.7. The fraction of sp³-hybridized carbons (Fsp3) is 0. The molecule has 2 radical (unpaired) electrons. The van der Waals surface area contributed by atoms with Gasteiger partial charge in [-0.05, 0) is 59.7 Å². The maximum absolute atomic E-state index is 13.0. The van der Waals surface area contributed by atoms with Crippen molar-refractivity contribution in [3.63, 3.8) is 0 Å². The van der Waals surface area contributed by atoms with Crippen LogP contribution in [0.3, 0.4) is 0 Å². The molecule has 18 heteroatoms. The number of aromatic hydroxyl groups is 2. The molecule has 254 valence electrons. The minimum Gasteiger partial charge on any atom is -0.505 e. The SMILES string of the molecule is O=C(Nc1ccc(C=Cc2ccc(NC(=O)c3ccc4cccnc4c3O)cc2S(=O)(=O)O)c(S(=O)(=O)O)c1)c1ccc2cccnc2c1O.[Na].[Na]. The molecule has 0 unspecified atom stereocenters. The van der Waals surface area contributed by atoms with Crippen LogP contribution >= 0.6 is 0 Å². The van der Waals surface area contributed by atoms with Gasteiger partial charge in [0.05, 0.1) is 11.1 Å². The number of nitrogens with one attached hydrogen (secondary N) is 2. The van der Waals surface area contributed by atoms with Crippen LogP contribution in [0.25, 0.3) is 34.0 Å². The summed E-state index contributed by atoms with van der Waals surface area (Å²) in [6.45, 7) is 0. The Morgan fingerprint density at radius 1 is 0.577 bits per heavy atom. The van der Waals surface area contributed by atoms with Gasteiger partial charge in [-0.15, -0.1) is 0 Å². The quantitative estimate of drug-likeness (QED) is 0.0710. The van der Waals surface area contributed by atoms with E-state index in [9.17, 15) is 45.7 Å². The normalized spacial score (nSPS) is 11.5. The molecule has 0 saturated heterocycles. The molecule has 2 amide bonds. The van der Waals surface area contributed by atoms with E-state index in [1.54, 1.807) is 36.4 Å². The third-order valence-corrected chi connectivity index (χ3v) is 9.34. The first-order valence-corrected chi connectivity index (χ1v) is 17.3. The number of aromatic nitrogens is 2. The van der Waals surface area contributed by atoms with Crippen molar-refractivity contribution in [1.29, 1.82) is 0 Å². The summed E-state index contributed by atoms with van der Waals surface area (Å²) in [4.78, 5) is 32.7. The fourth-order valence-corrected chi connectivity index (χ4v) is 6.57. The minimum atomic E-state index is -4.90. The molecule has 4 aromatic carbocycles. The number of phenolic OH excluding ortho intramolecular Hbond substituents is 2. The first-order valence-electron chi connectivity index (χ1n) is 14.4. The van der Waals surface area contributed by atoms with Crippen molar-refractivity contribution >= 4 is 136 Å². The summed E-state index contributed by atoms with van der Waals surface area (Å²) < 4.78 is 69.2. The van der Waals surface area contributed by atoms with Gasteiger partial charge in [0.25, 0.3) is 32.1 Å². The van der Waals surface area contributed by atoms with Gasteiger partial charge in [0.2, 0.25) is 0 Å². The molecule has 0 aliphatic rings. The Morgan fingerprint density at radius 2 is 0.962 bits per heavy atom. The van der Waals surface area contributed by atoms with Gasteiger partial charge in [-0.2, -0.15) is 16.8 Å². The predicted molar refractivity (Wildman–Crippen MR) is 196 cm³/mol. The summed E-state index contributed by atoms with van der Waals surface area (Å²) in [5.41, 5.74) is -0.292. The van der Waals surface area contributed by atoms with Crippen molar-refractivity contribution in [3.05, 3.63) is 120 Å². The summed E-state index contributed by atoms with van der Waals surface area (Å²) in [5.74, 6) is -2.37. The van der Waals surface area contributed by atoms with Gasteiger partial charge >= 0.3 is 0 Å². The summed E-state index contributed by atoms with van der Waals surface area (Å²) in [6.07, 6.45) is 5.19. The van der Waals surface area contributed by atoms with Crippen LogP contribution in [0, 0.1) is 0 Å². The maximum Gasteiger partial charge on any atom is 0.295 e. The smallest absolute Gasteiger partial charge is 0.295 e. The number of hydrogen-bond donors (Lipinski definition) is 6. The molecule has 14 nitrogen and oxygen atoms in total. The number of carbonyl (C=O) groups excluding carboxylic acids is 2. The maximum atomic E-state index is 13.0.